The van der Waals surface area contributed by atoms with Crippen molar-refractivity contribution in [1.82, 2.24) is 15.0 Å². The Balaban J connectivity index is 1.55. The Morgan fingerprint density at radius 3 is 2.93 bits per heavy atom. The molecule has 9 heteroatoms. The highest BCUT2D eigenvalue weighted by atomic mass is 19.4. The van der Waals surface area contributed by atoms with Gasteiger partial charge in [0.1, 0.15) is 17.2 Å². The zero-order valence-corrected chi connectivity index (χ0v) is 14.8. The molecule has 1 saturated carbocycles. The minimum Gasteiger partial charge on any atom is -0.491 e. The van der Waals surface area contributed by atoms with Crippen LogP contribution in [0.4, 0.5) is 30.6 Å². The molecule has 1 fully saturated rings. The van der Waals surface area contributed by atoms with E-state index in [-0.39, 0.29) is 22.8 Å². The van der Waals surface area contributed by atoms with Crippen LogP contribution < -0.4 is 15.4 Å². The highest BCUT2D eigenvalue weighted by Crippen LogP contribution is 2.39. The van der Waals surface area contributed by atoms with Crippen molar-refractivity contribution in [3.63, 3.8) is 0 Å². The first-order valence-corrected chi connectivity index (χ1v) is 9.12. The second-order valence-electron chi connectivity index (χ2n) is 7.07. The first kappa shape index (κ1) is 17.2. The zero-order valence-electron chi connectivity index (χ0n) is 14.8. The fourth-order valence-corrected chi connectivity index (χ4v) is 3.36. The van der Waals surface area contributed by atoms with Crippen LogP contribution in [0.1, 0.15) is 24.0 Å². The van der Waals surface area contributed by atoms with E-state index in [0.29, 0.717) is 30.5 Å². The molecule has 0 unspecified atom stereocenters. The molecule has 0 atom stereocenters. The van der Waals surface area contributed by atoms with Crippen LogP contribution in [0, 0.1) is 12.0 Å². The summed E-state index contributed by atoms with van der Waals surface area (Å²) in [6.07, 6.45) is -0.629. The molecule has 0 saturated heterocycles. The molecule has 3 heterocycles. The lowest BCUT2D eigenvalue weighted by molar-refractivity contribution is -0.136. The van der Waals surface area contributed by atoms with Crippen LogP contribution in [-0.4, -0.2) is 28.1 Å². The van der Waals surface area contributed by atoms with Gasteiger partial charge in [-0.3, -0.25) is 0 Å². The molecule has 2 aromatic heterocycles. The summed E-state index contributed by atoms with van der Waals surface area (Å²) in [6.45, 7) is 1.16. The number of halogens is 3. The van der Waals surface area contributed by atoms with Gasteiger partial charge in [-0.25, -0.2) is 0 Å². The van der Waals surface area contributed by atoms with Gasteiger partial charge in [-0.1, -0.05) is 6.07 Å². The van der Waals surface area contributed by atoms with Gasteiger partial charge in [-0.2, -0.15) is 23.1 Å². The Hall–Kier alpha value is -2.97. The number of aromatic nitrogens is 3. The normalized spacial score (nSPS) is 16.1. The van der Waals surface area contributed by atoms with Gasteiger partial charge in [0.05, 0.1) is 23.2 Å². The first-order chi connectivity index (χ1) is 13.5. The molecule has 3 aromatic rings. The topological polar surface area (TPSA) is 74.9 Å². The number of nitrogens with zero attached hydrogens (tertiary/aromatic N) is 2. The lowest BCUT2D eigenvalue weighted by atomic mass is 10.1. The van der Waals surface area contributed by atoms with Crippen LogP contribution in [0.2, 0.25) is 0 Å². The SMILES string of the molecule is FC(F)(F)c1c[nH]c2nc(Nc3cc[c]c4c3OCC4)nc(NCC3CC3)c12. The number of benzene rings is 1. The average molecular weight is 388 g/mol. The fourth-order valence-electron chi connectivity index (χ4n) is 3.36. The summed E-state index contributed by atoms with van der Waals surface area (Å²) in [6, 6.07) is 6.68. The summed E-state index contributed by atoms with van der Waals surface area (Å²) in [5.41, 5.74) is 0.979. The number of anilines is 3. The van der Waals surface area contributed by atoms with Gasteiger partial charge in [-0.05, 0) is 30.9 Å². The Labute approximate surface area is 158 Å². The van der Waals surface area contributed by atoms with Crippen molar-refractivity contribution in [2.45, 2.75) is 25.4 Å². The molecular weight excluding hydrogens is 371 g/mol. The second kappa shape index (κ2) is 6.29. The summed E-state index contributed by atoms with van der Waals surface area (Å²) >= 11 is 0. The molecule has 1 aliphatic heterocycles. The number of nitrogens with one attached hydrogen (secondary N) is 3. The van der Waals surface area contributed by atoms with Gasteiger partial charge in [0.15, 0.2) is 0 Å². The first-order valence-electron chi connectivity index (χ1n) is 9.12. The maximum absolute atomic E-state index is 13.4. The Kier molecular flexibility index (Phi) is 3.85. The lowest BCUT2D eigenvalue weighted by Gasteiger charge is -2.13. The van der Waals surface area contributed by atoms with E-state index in [1.807, 2.05) is 0 Å². The summed E-state index contributed by atoms with van der Waals surface area (Å²) in [5.74, 6) is 1.54. The Morgan fingerprint density at radius 1 is 1.29 bits per heavy atom. The number of H-pyrrole nitrogens is 1. The van der Waals surface area contributed by atoms with Crippen LogP contribution in [-0.2, 0) is 12.6 Å². The minimum absolute atomic E-state index is 0.0402. The van der Waals surface area contributed by atoms with Crippen LogP contribution in [0.15, 0.2) is 18.3 Å². The van der Waals surface area contributed by atoms with E-state index in [9.17, 15) is 13.2 Å². The minimum atomic E-state index is -4.49. The van der Waals surface area contributed by atoms with E-state index in [4.69, 9.17) is 4.74 Å². The molecule has 0 bridgehead atoms. The molecule has 1 aromatic carbocycles. The summed E-state index contributed by atoms with van der Waals surface area (Å²) in [5, 5.41) is 6.12. The summed E-state index contributed by atoms with van der Waals surface area (Å²) in [4.78, 5) is 11.2. The van der Waals surface area contributed by atoms with Crippen molar-refractivity contribution in [3.05, 3.63) is 35.5 Å². The maximum atomic E-state index is 13.4. The van der Waals surface area contributed by atoms with Crippen molar-refractivity contribution in [3.8, 4) is 5.75 Å². The van der Waals surface area contributed by atoms with Crippen molar-refractivity contribution < 1.29 is 17.9 Å². The summed E-state index contributed by atoms with van der Waals surface area (Å²) < 4.78 is 45.8. The summed E-state index contributed by atoms with van der Waals surface area (Å²) in [7, 11) is 0. The number of alkyl halides is 3. The van der Waals surface area contributed by atoms with Gasteiger partial charge in [0.2, 0.25) is 5.95 Å². The standard InChI is InChI=1S/C19H17F3N5O/c20-19(21,22)12-9-24-17-14(12)16(23-8-10-4-5-10)26-18(27-17)25-13-3-1-2-11-6-7-28-15(11)13/h1,3,9-10H,4-8H2,(H3,23,24,25,26,27). The van der Waals surface area contributed by atoms with Crippen molar-refractivity contribution >= 4 is 28.5 Å². The lowest BCUT2D eigenvalue weighted by Crippen LogP contribution is -2.10. The van der Waals surface area contributed by atoms with Gasteiger partial charge in [0.25, 0.3) is 0 Å². The van der Waals surface area contributed by atoms with Gasteiger partial charge in [0, 0.05) is 24.7 Å². The van der Waals surface area contributed by atoms with E-state index >= 15 is 0 Å². The van der Waals surface area contributed by atoms with Crippen molar-refractivity contribution in [1.29, 1.82) is 0 Å². The number of hydrogen-bond acceptors (Lipinski definition) is 5. The Morgan fingerprint density at radius 2 is 2.14 bits per heavy atom. The van der Waals surface area contributed by atoms with E-state index in [1.54, 1.807) is 12.1 Å². The third-order valence-electron chi connectivity index (χ3n) is 4.96. The van der Waals surface area contributed by atoms with E-state index in [0.717, 1.165) is 31.0 Å². The third-order valence-corrected chi connectivity index (χ3v) is 4.96. The predicted octanol–water partition coefficient (Wildman–Crippen LogP) is 4.28. The van der Waals surface area contributed by atoms with Crippen molar-refractivity contribution in [2.24, 2.45) is 5.92 Å². The Bertz CT molecular complexity index is 1040. The smallest absolute Gasteiger partial charge is 0.418 e. The van der Waals surface area contributed by atoms with E-state index in [2.05, 4.69) is 31.7 Å². The molecular formula is C19H17F3N5O. The number of hydrogen-bond donors (Lipinski definition) is 3. The van der Waals surface area contributed by atoms with Gasteiger partial charge >= 0.3 is 6.18 Å². The molecule has 1 radical (unpaired) electrons. The molecule has 0 amide bonds. The molecule has 2 aliphatic rings. The monoisotopic (exact) mass is 388 g/mol. The highest BCUT2D eigenvalue weighted by Gasteiger charge is 2.36. The fraction of sp³-hybridized carbons (Fsp3) is 0.368. The average Bonchev–Trinajstić information content (AvgIpc) is 3.15. The number of aromatic amines is 1. The molecule has 1 aliphatic carbocycles. The van der Waals surface area contributed by atoms with Crippen molar-refractivity contribution in [2.75, 3.05) is 23.8 Å². The molecule has 3 N–H and O–H groups in total. The van der Waals surface area contributed by atoms with E-state index < -0.39 is 11.7 Å². The van der Waals surface area contributed by atoms with Crippen LogP contribution in [0.5, 0.6) is 5.75 Å². The van der Waals surface area contributed by atoms with Gasteiger partial charge in [-0.15, -0.1) is 0 Å². The van der Waals surface area contributed by atoms with Crippen LogP contribution in [0.3, 0.4) is 0 Å². The molecule has 28 heavy (non-hydrogen) atoms. The quantitative estimate of drug-likeness (QED) is 0.608. The number of rotatable bonds is 5. The molecule has 6 nitrogen and oxygen atoms in total. The van der Waals surface area contributed by atoms with E-state index in [1.165, 1.54) is 0 Å². The third kappa shape index (κ3) is 3.10. The molecule has 145 valence electrons. The largest absolute Gasteiger partial charge is 0.491 e. The van der Waals surface area contributed by atoms with Gasteiger partial charge < -0.3 is 20.4 Å². The second-order valence-corrected chi connectivity index (χ2v) is 7.07. The molecule has 0 spiro atoms. The molecule has 5 rings (SSSR count). The number of ether oxygens (including phenoxy) is 1. The van der Waals surface area contributed by atoms with Crippen LogP contribution >= 0.6 is 0 Å². The highest BCUT2D eigenvalue weighted by molar-refractivity contribution is 5.92. The maximum Gasteiger partial charge on any atom is 0.418 e. The zero-order chi connectivity index (χ0) is 19.3. The number of fused-ring (bicyclic) bond motifs is 2. The predicted molar refractivity (Wildman–Crippen MR) is 97.9 cm³/mol. The van der Waals surface area contributed by atoms with Crippen LogP contribution in [0.25, 0.3) is 11.0 Å².